The van der Waals surface area contributed by atoms with Crippen LogP contribution >= 0.6 is 11.8 Å². The fraction of sp³-hybridized carbons (Fsp3) is 0.571. The van der Waals surface area contributed by atoms with Crippen molar-refractivity contribution in [2.24, 2.45) is 5.92 Å². The average Bonchev–Trinajstić information content (AvgIpc) is 3.34. The summed E-state index contributed by atoms with van der Waals surface area (Å²) < 4.78 is 7.72. The quantitative estimate of drug-likeness (QED) is 0.619. The van der Waals surface area contributed by atoms with Crippen LogP contribution in [0.1, 0.15) is 38.1 Å². The Balaban J connectivity index is 1.55. The minimum Gasteiger partial charge on any atom is -0.376 e. The third-order valence-electron chi connectivity index (χ3n) is 4.70. The van der Waals surface area contributed by atoms with Crippen molar-refractivity contribution in [2.75, 3.05) is 18.9 Å². The molecule has 0 saturated carbocycles. The van der Waals surface area contributed by atoms with E-state index >= 15 is 0 Å². The van der Waals surface area contributed by atoms with E-state index in [-0.39, 0.29) is 12.0 Å². The normalized spacial score (nSPS) is 16.6. The molecule has 1 saturated heterocycles. The van der Waals surface area contributed by atoms with Gasteiger partial charge in [0.15, 0.2) is 5.16 Å². The number of thioether (sulfide) groups is 1. The second-order valence-corrected chi connectivity index (χ2v) is 8.56. The van der Waals surface area contributed by atoms with Gasteiger partial charge in [-0.1, -0.05) is 55.9 Å². The minimum atomic E-state index is 0.0189. The molecule has 0 bridgehead atoms. The van der Waals surface area contributed by atoms with Crippen molar-refractivity contribution in [3.63, 3.8) is 0 Å². The first-order valence-electron chi connectivity index (χ1n) is 10.1. The molecule has 0 unspecified atom stereocenters. The number of aryl methyl sites for hydroxylation is 2. The van der Waals surface area contributed by atoms with Crippen LogP contribution in [0.25, 0.3) is 0 Å². The van der Waals surface area contributed by atoms with E-state index in [1.807, 2.05) is 6.07 Å². The van der Waals surface area contributed by atoms with Gasteiger partial charge in [0.25, 0.3) is 0 Å². The molecule has 1 aliphatic heterocycles. The van der Waals surface area contributed by atoms with E-state index in [9.17, 15) is 4.79 Å². The number of amides is 1. The molecule has 28 heavy (non-hydrogen) atoms. The van der Waals surface area contributed by atoms with E-state index in [0.29, 0.717) is 18.2 Å². The number of nitrogens with zero attached hydrogens (tertiary/aromatic N) is 3. The maximum Gasteiger partial charge on any atom is 0.230 e. The predicted molar refractivity (Wildman–Crippen MR) is 111 cm³/mol. The van der Waals surface area contributed by atoms with Gasteiger partial charge in [0.1, 0.15) is 5.82 Å². The first kappa shape index (κ1) is 20.9. The molecule has 0 radical (unpaired) electrons. The summed E-state index contributed by atoms with van der Waals surface area (Å²) in [6.45, 7) is 6.63. The monoisotopic (exact) mass is 402 g/mol. The fourth-order valence-electron chi connectivity index (χ4n) is 3.27. The van der Waals surface area contributed by atoms with E-state index in [2.05, 4.69) is 58.2 Å². The summed E-state index contributed by atoms with van der Waals surface area (Å²) in [5.74, 6) is 1.84. The number of rotatable bonds is 10. The summed E-state index contributed by atoms with van der Waals surface area (Å²) in [6, 6.07) is 10.4. The Labute approximate surface area is 171 Å². The van der Waals surface area contributed by atoms with Gasteiger partial charge in [-0.05, 0) is 30.7 Å². The molecule has 1 fully saturated rings. The Morgan fingerprint density at radius 2 is 2.11 bits per heavy atom. The molecule has 1 aliphatic rings. The van der Waals surface area contributed by atoms with Crippen LogP contribution in [0.15, 0.2) is 35.5 Å². The number of aromatic nitrogens is 3. The summed E-state index contributed by atoms with van der Waals surface area (Å²) in [7, 11) is 0. The van der Waals surface area contributed by atoms with Crippen LogP contribution in [0.2, 0.25) is 0 Å². The zero-order valence-corrected chi connectivity index (χ0v) is 17.6. The van der Waals surface area contributed by atoms with Gasteiger partial charge in [0, 0.05) is 26.1 Å². The maximum absolute atomic E-state index is 12.2. The number of ether oxygens (including phenoxy) is 1. The number of benzene rings is 1. The highest BCUT2D eigenvalue weighted by molar-refractivity contribution is 7.99. The number of nitrogens with one attached hydrogen (secondary N) is 1. The van der Waals surface area contributed by atoms with Gasteiger partial charge in [0.05, 0.1) is 11.9 Å². The largest absolute Gasteiger partial charge is 0.376 e. The van der Waals surface area contributed by atoms with E-state index in [4.69, 9.17) is 4.74 Å². The molecule has 1 amide bonds. The van der Waals surface area contributed by atoms with Crippen molar-refractivity contribution in [2.45, 2.75) is 57.3 Å². The van der Waals surface area contributed by atoms with Gasteiger partial charge in [0.2, 0.25) is 5.91 Å². The highest BCUT2D eigenvalue weighted by Gasteiger charge is 2.18. The Morgan fingerprint density at radius 3 is 2.82 bits per heavy atom. The topological polar surface area (TPSA) is 69.0 Å². The van der Waals surface area contributed by atoms with Crippen molar-refractivity contribution in [3.8, 4) is 0 Å². The van der Waals surface area contributed by atoms with Crippen molar-refractivity contribution in [3.05, 3.63) is 41.7 Å². The fourth-order valence-corrected chi connectivity index (χ4v) is 4.07. The molecule has 2 aromatic rings. The van der Waals surface area contributed by atoms with E-state index in [1.54, 1.807) is 0 Å². The molecule has 3 rings (SSSR count). The van der Waals surface area contributed by atoms with Crippen molar-refractivity contribution >= 4 is 17.7 Å². The van der Waals surface area contributed by atoms with Gasteiger partial charge in [-0.3, -0.25) is 4.79 Å². The third kappa shape index (κ3) is 6.34. The number of carbonyl (C=O) groups is 1. The van der Waals surface area contributed by atoms with Gasteiger partial charge in [-0.25, -0.2) is 0 Å². The van der Waals surface area contributed by atoms with E-state index < -0.39 is 0 Å². The molecule has 6 nitrogen and oxygen atoms in total. The van der Waals surface area contributed by atoms with Gasteiger partial charge in [-0.2, -0.15) is 0 Å². The molecule has 1 aromatic carbocycles. The molecule has 152 valence electrons. The molecule has 1 atom stereocenters. The lowest BCUT2D eigenvalue weighted by molar-refractivity contribution is -0.119. The van der Waals surface area contributed by atoms with Crippen molar-refractivity contribution in [1.29, 1.82) is 0 Å². The molecule has 7 heteroatoms. The van der Waals surface area contributed by atoms with Crippen LogP contribution in [0, 0.1) is 5.92 Å². The Hall–Kier alpha value is -1.86. The summed E-state index contributed by atoms with van der Waals surface area (Å²) >= 11 is 1.46. The molecular weight excluding hydrogens is 372 g/mol. The van der Waals surface area contributed by atoms with Crippen LogP contribution in [0.3, 0.4) is 0 Å². The lowest BCUT2D eigenvalue weighted by atomic mass is 10.1. The van der Waals surface area contributed by atoms with Crippen molar-refractivity contribution in [1.82, 2.24) is 20.1 Å². The lowest BCUT2D eigenvalue weighted by Gasteiger charge is -2.13. The Morgan fingerprint density at radius 1 is 1.29 bits per heavy atom. The molecule has 1 aromatic heterocycles. The minimum absolute atomic E-state index is 0.0189. The Kier molecular flexibility index (Phi) is 7.91. The Bertz CT molecular complexity index is 742. The summed E-state index contributed by atoms with van der Waals surface area (Å²) in [4.78, 5) is 12.2. The molecule has 0 spiro atoms. The maximum atomic E-state index is 12.2. The van der Waals surface area contributed by atoms with Crippen LogP contribution in [-0.4, -0.2) is 45.7 Å². The first-order chi connectivity index (χ1) is 13.6. The highest BCUT2D eigenvalue weighted by atomic mass is 32.2. The predicted octanol–water partition coefficient (Wildman–Crippen LogP) is 3.11. The second-order valence-electron chi connectivity index (χ2n) is 7.62. The standard InChI is InChI=1S/C21H30N4O2S/c1-16(2)14-25-19(11-10-17-7-4-3-5-8-17)23-24-21(25)28-15-20(26)22-13-18-9-6-12-27-18/h3-5,7-8,16,18H,6,9-15H2,1-2H3,(H,22,26)/t18-/m1/s1. The van der Waals surface area contributed by atoms with Crippen LogP contribution < -0.4 is 5.32 Å². The first-order valence-corrected chi connectivity index (χ1v) is 11.1. The second kappa shape index (κ2) is 10.6. The third-order valence-corrected chi connectivity index (χ3v) is 5.67. The molecule has 0 aliphatic carbocycles. The zero-order chi connectivity index (χ0) is 19.8. The average molecular weight is 403 g/mol. The number of carbonyl (C=O) groups excluding carboxylic acids is 1. The smallest absolute Gasteiger partial charge is 0.230 e. The number of hydrogen-bond donors (Lipinski definition) is 1. The summed E-state index contributed by atoms with van der Waals surface area (Å²) in [5.41, 5.74) is 1.30. The summed E-state index contributed by atoms with van der Waals surface area (Å²) in [6.07, 6.45) is 4.06. The number of hydrogen-bond acceptors (Lipinski definition) is 5. The molecule has 1 N–H and O–H groups in total. The van der Waals surface area contributed by atoms with Gasteiger partial charge >= 0.3 is 0 Å². The van der Waals surface area contributed by atoms with Gasteiger partial charge < -0.3 is 14.6 Å². The van der Waals surface area contributed by atoms with Gasteiger partial charge in [-0.15, -0.1) is 10.2 Å². The SMILES string of the molecule is CC(C)Cn1c(CCc2ccccc2)nnc1SCC(=O)NC[C@H]1CCCO1. The van der Waals surface area contributed by atoms with Crippen molar-refractivity contribution < 1.29 is 9.53 Å². The van der Waals surface area contributed by atoms with Crippen LogP contribution in [0.4, 0.5) is 0 Å². The van der Waals surface area contributed by atoms with Crippen LogP contribution in [0.5, 0.6) is 0 Å². The van der Waals surface area contributed by atoms with E-state index in [1.165, 1.54) is 17.3 Å². The van der Waals surface area contributed by atoms with Crippen LogP contribution in [-0.2, 0) is 28.9 Å². The highest BCUT2D eigenvalue weighted by Crippen LogP contribution is 2.20. The summed E-state index contributed by atoms with van der Waals surface area (Å²) in [5, 5.41) is 12.6. The lowest BCUT2D eigenvalue weighted by Crippen LogP contribution is -2.33. The zero-order valence-electron chi connectivity index (χ0n) is 16.8. The van der Waals surface area contributed by atoms with E-state index in [0.717, 1.165) is 49.8 Å². The molecular formula is C21H30N4O2S. The molecule has 2 heterocycles.